The summed E-state index contributed by atoms with van der Waals surface area (Å²) in [6.07, 6.45) is 5.14. The predicted molar refractivity (Wildman–Crippen MR) is 71.2 cm³/mol. The molecule has 94 valence electrons. The van der Waals surface area contributed by atoms with Crippen molar-refractivity contribution in [1.29, 1.82) is 0 Å². The van der Waals surface area contributed by atoms with Gasteiger partial charge in [-0.05, 0) is 42.4 Å². The maximum atomic E-state index is 6.45. The van der Waals surface area contributed by atoms with Crippen LogP contribution in [0.25, 0.3) is 0 Å². The highest BCUT2D eigenvalue weighted by molar-refractivity contribution is 5.37. The Balaban J connectivity index is 2.25. The molecule has 1 fully saturated rings. The number of ether oxygens (including phenoxy) is 1. The van der Waals surface area contributed by atoms with Crippen molar-refractivity contribution in [3.8, 4) is 5.75 Å². The van der Waals surface area contributed by atoms with Gasteiger partial charge in [0, 0.05) is 6.04 Å². The number of nitrogens with two attached hydrogens (primary N) is 1. The van der Waals surface area contributed by atoms with Gasteiger partial charge in [-0.2, -0.15) is 0 Å². The first kappa shape index (κ1) is 12.4. The molecule has 17 heavy (non-hydrogen) atoms. The second-order valence-electron chi connectivity index (χ2n) is 5.57. The molecule has 0 amide bonds. The molecule has 0 aromatic heterocycles. The normalized spacial score (nSPS) is 20.2. The van der Waals surface area contributed by atoms with E-state index in [-0.39, 0.29) is 11.5 Å². The van der Waals surface area contributed by atoms with Gasteiger partial charge in [-0.1, -0.05) is 31.9 Å². The average molecular weight is 233 g/mol. The third kappa shape index (κ3) is 2.32. The molecule has 0 aliphatic heterocycles. The fraction of sp³-hybridized carbons (Fsp3) is 0.600. The fourth-order valence-corrected chi connectivity index (χ4v) is 2.99. The smallest absolute Gasteiger partial charge is 0.121 e. The van der Waals surface area contributed by atoms with Crippen molar-refractivity contribution in [2.75, 3.05) is 7.11 Å². The van der Waals surface area contributed by atoms with E-state index >= 15 is 0 Å². The molecule has 2 heteroatoms. The molecule has 1 atom stereocenters. The quantitative estimate of drug-likeness (QED) is 0.866. The minimum Gasteiger partial charge on any atom is -0.496 e. The first-order valence-corrected chi connectivity index (χ1v) is 6.47. The van der Waals surface area contributed by atoms with Crippen LogP contribution < -0.4 is 10.5 Å². The molecule has 0 saturated heterocycles. The third-order valence-electron chi connectivity index (χ3n) is 4.27. The molecule has 0 bridgehead atoms. The Labute approximate surface area is 104 Å². The van der Waals surface area contributed by atoms with Crippen molar-refractivity contribution in [1.82, 2.24) is 0 Å². The highest BCUT2D eigenvalue weighted by atomic mass is 16.5. The summed E-state index contributed by atoms with van der Waals surface area (Å²) in [5, 5.41) is 0. The summed E-state index contributed by atoms with van der Waals surface area (Å²) in [6, 6.07) is 6.46. The molecule has 0 radical (unpaired) electrons. The summed E-state index contributed by atoms with van der Waals surface area (Å²) >= 11 is 0. The highest BCUT2D eigenvalue weighted by Gasteiger charge is 2.35. The molecule has 1 aliphatic carbocycles. The minimum atomic E-state index is 0.148. The largest absolute Gasteiger partial charge is 0.496 e. The van der Waals surface area contributed by atoms with Crippen LogP contribution in [0.5, 0.6) is 5.75 Å². The van der Waals surface area contributed by atoms with E-state index in [2.05, 4.69) is 26.0 Å². The summed E-state index contributed by atoms with van der Waals surface area (Å²) in [5.74, 6) is 0.942. The summed E-state index contributed by atoms with van der Waals surface area (Å²) in [5.41, 5.74) is 9.14. The highest BCUT2D eigenvalue weighted by Crippen LogP contribution is 2.46. The Hall–Kier alpha value is -1.02. The van der Waals surface area contributed by atoms with Crippen LogP contribution in [0.3, 0.4) is 0 Å². The van der Waals surface area contributed by atoms with Gasteiger partial charge in [-0.25, -0.2) is 0 Å². The van der Waals surface area contributed by atoms with E-state index < -0.39 is 0 Å². The van der Waals surface area contributed by atoms with Gasteiger partial charge in [-0.3, -0.25) is 0 Å². The molecule has 0 spiro atoms. The first-order valence-electron chi connectivity index (χ1n) is 6.47. The molecule has 2 nitrogen and oxygen atoms in total. The maximum absolute atomic E-state index is 6.45. The Bertz CT molecular complexity index is 394. The van der Waals surface area contributed by atoms with Gasteiger partial charge in [0.05, 0.1) is 7.11 Å². The lowest BCUT2D eigenvalue weighted by Crippen LogP contribution is -2.29. The van der Waals surface area contributed by atoms with Crippen molar-refractivity contribution in [2.24, 2.45) is 11.1 Å². The van der Waals surface area contributed by atoms with Crippen LogP contribution >= 0.6 is 0 Å². The lowest BCUT2D eigenvalue weighted by Gasteiger charge is -2.31. The SMILES string of the molecule is COc1ccc(C(N)C2(C)CCCC2)cc1C. The summed E-state index contributed by atoms with van der Waals surface area (Å²) < 4.78 is 5.29. The molecule has 0 heterocycles. The topological polar surface area (TPSA) is 35.2 Å². The lowest BCUT2D eigenvalue weighted by molar-refractivity contribution is 0.265. The number of benzene rings is 1. The van der Waals surface area contributed by atoms with Gasteiger partial charge >= 0.3 is 0 Å². The van der Waals surface area contributed by atoms with Crippen LogP contribution in [0.15, 0.2) is 18.2 Å². The van der Waals surface area contributed by atoms with Crippen LogP contribution in [0.4, 0.5) is 0 Å². The summed E-state index contributed by atoms with van der Waals surface area (Å²) in [7, 11) is 1.71. The van der Waals surface area contributed by atoms with Crippen LogP contribution in [-0.4, -0.2) is 7.11 Å². The third-order valence-corrected chi connectivity index (χ3v) is 4.27. The molecular formula is C15H23NO. The van der Waals surface area contributed by atoms with Crippen molar-refractivity contribution in [3.63, 3.8) is 0 Å². The molecule has 2 N–H and O–H groups in total. The van der Waals surface area contributed by atoms with E-state index in [4.69, 9.17) is 10.5 Å². The van der Waals surface area contributed by atoms with Crippen molar-refractivity contribution < 1.29 is 4.74 Å². The molecule has 1 saturated carbocycles. The van der Waals surface area contributed by atoms with Gasteiger partial charge in [-0.15, -0.1) is 0 Å². The standard InChI is InChI=1S/C15H23NO/c1-11-10-12(6-7-13(11)17-3)14(16)15(2)8-4-5-9-15/h6-7,10,14H,4-5,8-9,16H2,1-3H3. The van der Waals surface area contributed by atoms with E-state index in [0.29, 0.717) is 0 Å². The van der Waals surface area contributed by atoms with Crippen LogP contribution in [0.2, 0.25) is 0 Å². The van der Waals surface area contributed by atoms with Crippen LogP contribution in [0, 0.1) is 12.3 Å². The van der Waals surface area contributed by atoms with Crippen molar-refractivity contribution in [3.05, 3.63) is 29.3 Å². The Morgan fingerprint density at radius 1 is 1.29 bits per heavy atom. The number of hydrogen-bond acceptors (Lipinski definition) is 2. The summed E-state index contributed by atoms with van der Waals surface area (Å²) in [6.45, 7) is 4.40. The van der Waals surface area contributed by atoms with E-state index in [0.717, 1.165) is 5.75 Å². The lowest BCUT2D eigenvalue weighted by atomic mass is 9.77. The zero-order valence-corrected chi connectivity index (χ0v) is 11.1. The monoisotopic (exact) mass is 233 g/mol. The Morgan fingerprint density at radius 3 is 2.47 bits per heavy atom. The number of hydrogen-bond donors (Lipinski definition) is 1. The van der Waals surface area contributed by atoms with E-state index in [9.17, 15) is 0 Å². The molecule has 2 rings (SSSR count). The number of aryl methyl sites for hydroxylation is 1. The van der Waals surface area contributed by atoms with E-state index in [1.54, 1.807) is 7.11 Å². The van der Waals surface area contributed by atoms with Gasteiger partial charge in [0.2, 0.25) is 0 Å². The van der Waals surface area contributed by atoms with Crippen molar-refractivity contribution in [2.45, 2.75) is 45.6 Å². The van der Waals surface area contributed by atoms with Crippen molar-refractivity contribution >= 4 is 0 Å². The molecule has 1 aromatic rings. The molecular weight excluding hydrogens is 210 g/mol. The average Bonchev–Trinajstić information content (AvgIpc) is 2.76. The van der Waals surface area contributed by atoms with Crippen LogP contribution in [0.1, 0.15) is 49.8 Å². The van der Waals surface area contributed by atoms with Gasteiger partial charge in [0.25, 0.3) is 0 Å². The van der Waals surface area contributed by atoms with E-state index in [1.807, 2.05) is 6.07 Å². The molecule has 1 unspecified atom stereocenters. The first-order chi connectivity index (χ1) is 8.07. The number of methoxy groups -OCH3 is 1. The summed E-state index contributed by atoms with van der Waals surface area (Å²) in [4.78, 5) is 0. The van der Waals surface area contributed by atoms with Gasteiger partial charge < -0.3 is 10.5 Å². The van der Waals surface area contributed by atoms with E-state index in [1.165, 1.54) is 36.8 Å². The fourth-order valence-electron chi connectivity index (χ4n) is 2.99. The maximum Gasteiger partial charge on any atom is 0.121 e. The second-order valence-corrected chi connectivity index (χ2v) is 5.57. The predicted octanol–water partition coefficient (Wildman–Crippen LogP) is 3.58. The second kappa shape index (κ2) is 4.69. The zero-order chi connectivity index (χ0) is 12.5. The van der Waals surface area contributed by atoms with Gasteiger partial charge in [0.15, 0.2) is 0 Å². The Kier molecular flexibility index (Phi) is 3.43. The number of rotatable bonds is 3. The van der Waals surface area contributed by atoms with Gasteiger partial charge in [0.1, 0.15) is 5.75 Å². The molecule has 1 aromatic carbocycles. The Morgan fingerprint density at radius 2 is 1.94 bits per heavy atom. The molecule has 1 aliphatic rings. The minimum absolute atomic E-state index is 0.148. The zero-order valence-electron chi connectivity index (χ0n) is 11.1. The van der Waals surface area contributed by atoms with Crippen LogP contribution in [-0.2, 0) is 0 Å².